The van der Waals surface area contributed by atoms with Crippen LogP contribution in [0.25, 0.3) is 0 Å². The number of amides is 1. The summed E-state index contributed by atoms with van der Waals surface area (Å²) < 4.78 is 5.30. The molecule has 1 aromatic heterocycles. The Hall–Kier alpha value is -0.940. The Morgan fingerprint density at radius 2 is 2.60 bits per heavy atom. The van der Waals surface area contributed by atoms with Crippen molar-refractivity contribution in [2.45, 2.75) is 26.3 Å². The molecule has 0 aromatic carbocycles. The van der Waals surface area contributed by atoms with Gasteiger partial charge in [-0.25, -0.2) is 4.98 Å². The monoisotopic (exact) mass is 226 g/mol. The van der Waals surface area contributed by atoms with Crippen molar-refractivity contribution in [3.05, 3.63) is 16.1 Å². The number of hydrogen-bond donors (Lipinski definition) is 0. The van der Waals surface area contributed by atoms with Crippen molar-refractivity contribution >= 4 is 17.2 Å². The van der Waals surface area contributed by atoms with Gasteiger partial charge in [0.25, 0.3) is 0 Å². The van der Waals surface area contributed by atoms with E-state index in [2.05, 4.69) is 11.9 Å². The second-order valence-electron chi connectivity index (χ2n) is 3.52. The average Bonchev–Trinajstić information content (AvgIpc) is 2.85. The van der Waals surface area contributed by atoms with Gasteiger partial charge in [-0.1, -0.05) is 6.92 Å². The van der Waals surface area contributed by atoms with Crippen LogP contribution in [0.4, 0.5) is 0 Å². The first kappa shape index (κ1) is 10.6. The fourth-order valence-corrected chi connectivity index (χ4v) is 2.55. The summed E-state index contributed by atoms with van der Waals surface area (Å²) in [6.07, 6.45) is 2.88. The summed E-state index contributed by atoms with van der Waals surface area (Å²) in [6, 6.07) is 0.0211. The van der Waals surface area contributed by atoms with Gasteiger partial charge in [-0.15, -0.1) is 11.3 Å². The van der Waals surface area contributed by atoms with E-state index in [9.17, 15) is 4.79 Å². The van der Waals surface area contributed by atoms with E-state index in [1.54, 1.807) is 23.2 Å². The van der Waals surface area contributed by atoms with Crippen molar-refractivity contribution in [2.75, 3.05) is 13.3 Å². The van der Waals surface area contributed by atoms with E-state index in [1.807, 2.05) is 6.20 Å². The van der Waals surface area contributed by atoms with Gasteiger partial charge in [0.15, 0.2) is 0 Å². The highest BCUT2D eigenvalue weighted by Gasteiger charge is 2.30. The van der Waals surface area contributed by atoms with E-state index in [0.717, 1.165) is 11.4 Å². The summed E-state index contributed by atoms with van der Waals surface area (Å²) in [7, 11) is 0. The first-order valence-electron chi connectivity index (χ1n) is 5.02. The minimum Gasteiger partial charge on any atom is -0.358 e. The Kier molecular flexibility index (Phi) is 3.02. The molecule has 2 heterocycles. The molecule has 0 spiro atoms. The van der Waals surface area contributed by atoms with Gasteiger partial charge in [0.1, 0.15) is 17.8 Å². The molecule has 0 radical (unpaired) electrons. The van der Waals surface area contributed by atoms with Gasteiger partial charge in [0.2, 0.25) is 5.91 Å². The van der Waals surface area contributed by atoms with Gasteiger partial charge in [-0.05, 0) is 6.42 Å². The number of aromatic nitrogens is 1. The molecular formula is C10H14N2O2S. The third kappa shape index (κ3) is 2.03. The van der Waals surface area contributed by atoms with Crippen molar-refractivity contribution in [2.24, 2.45) is 0 Å². The molecule has 0 N–H and O–H groups in total. The standard InChI is InChI=1S/C10H14N2O2S/c1-3-8-4-11-10(15-8)9-5-14-6-12(9)7(2)13/h4,9H,3,5-6H2,1-2H3. The summed E-state index contributed by atoms with van der Waals surface area (Å²) in [5.41, 5.74) is 0. The minimum atomic E-state index is 0.0211. The summed E-state index contributed by atoms with van der Waals surface area (Å²) in [4.78, 5) is 18.6. The van der Waals surface area contributed by atoms with E-state index >= 15 is 0 Å². The number of nitrogens with zero attached hydrogens (tertiary/aromatic N) is 2. The van der Waals surface area contributed by atoms with Crippen molar-refractivity contribution in [1.29, 1.82) is 0 Å². The van der Waals surface area contributed by atoms with Crippen LogP contribution in [-0.4, -0.2) is 29.1 Å². The summed E-state index contributed by atoms with van der Waals surface area (Å²) in [5, 5.41) is 0.986. The lowest BCUT2D eigenvalue weighted by molar-refractivity contribution is -0.130. The van der Waals surface area contributed by atoms with Gasteiger partial charge in [0.05, 0.1) is 6.61 Å². The van der Waals surface area contributed by atoms with Crippen molar-refractivity contribution in [1.82, 2.24) is 9.88 Å². The second kappa shape index (κ2) is 4.28. The zero-order valence-electron chi connectivity index (χ0n) is 8.90. The highest BCUT2D eigenvalue weighted by molar-refractivity contribution is 7.11. The second-order valence-corrected chi connectivity index (χ2v) is 4.67. The van der Waals surface area contributed by atoms with Crippen LogP contribution in [0.5, 0.6) is 0 Å². The van der Waals surface area contributed by atoms with Crippen LogP contribution in [0.1, 0.15) is 29.8 Å². The van der Waals surface area contributed by atoms with Crippen LogP contribution in [0.2, 0.25) is 0 Å². The van der Waals surface area contributed by atoms with Gasteiger partial charge >= 0.3 is 0 Å². The van der Waals surface area contributed by atoms with E-state index < -0.39 is 0 Å². The fourth-order valence-electron chi connectivity index (χ4n) is 1.60. The molecule has 82 valence electrons. The highest BCUT2D eigenvalue weighted by Crippen LogP contribution is 2.29. The maximum Gasteiger partial charge on any atom is 0.221 e. The molecular weight excluding hydrogens is 212 g/mol. The third-order valence-electron chi connectivity index (χ3n) is 2.49. The number of thiazole rings is 1. The number of carbonyl (C=O) groups excluding carboxylic acids is 1. The van der Waals surface area contributed by atoms with Gasteiger partial charge in [-0.2, -0.15) is 0 Å². The molecule has 1 aromatic rings. The predicted octanol–water partition coefficient (Wildman–Crippen LogP) is 1.58. The van der Waals surface area contributed by atoms with Crippen molar-refractivity contribution < 1.29 is 9.53 Å². The predicted molar refractivity (Wildman–Crippen MR) is 57.6 cm³/mol. The normalized spacial score (nSPS) is 20.9. The Balaban J connectivity index is 2.18. The van der Waals surface area contributed by atoms with E-state index in [1.165, 1.54) is 4.88 Å². The minimum absolute atomic E-state index is 0.0211. The van der Waals surface area contributed by atoms with Crippen LogP contribution in [0, 0.1) is 0 Å². The zero-order valence-corrected chi connectivity index (χ0v) is 9.71. The lowest BCUT2D eigenvalue weighted by Crippen LogP contribution is -2.28. The Morgan fingerprint density at radius 1 is 1.80 bits per heavy atom. The number of aryl methyl sites for hydroxylation is 1. The summed E-state index contributed by atoms with van der Waals surface area (Å²) in [6.45, 7) is 4.62. The van der Waals surface area contributed by atoms with Crippen molar-refractivity contribution in [3.8, 4) is 0 Å². The molecule has 1 atom stereocenters. The first-order valence-corrected chi connectivity index (χ1v) is 5.83. The van der Waals surface area contributed by atoms with Crippen LogP contribution in [0.15, 0.2) is 6.20 Å². The summed E-state index contributed by atoms with van der Waals surface area (Å²) >= 11 is 1.67. The van der Waals surface area contributed by atoms with E-state index in [-0.39, 0.29) is 11.9 Å². The average molecular weight is 226 g/mol. The van der Waals surface area contributed by atoms with E-state index in [4.69, 9.17) is 4.74 Å². The Bertz CT molecular complexity index is 364. The molecule has 2 rings (SSSR count). The smallest absolute Gasteiger partial charge is 0.221 e. The van der Waals surface area contributed by atoms with Crippen LogP contribution in [-0.2, 0) is 16.0 Å². The highest BCUT2D eigenvalue weighted by atomic mass is 32.1. The molecule has 1 amide bonds. The zero-order chi connectivity index (χ0) is 10.8. The van der Waals surface area contributed by atoms with Crippen LogP contribution < -0.4 is 0 Å². The fraction of sp³-hybridized carbons (Fsp3) is 0.600. The van der Waals surface area contributed by atoms with Crippen molar-refractivity contribution in [3.63, 3.8) is 0 Å². The topological polar surface area (TPSA) is 42.4 Å². The third-order valence-corrected chi connectivity index (χ3v) is 3.73. The number of carbonyl (C=O) groups is 1. The summed E-state index contributed by atoms with van der Waals surface area (Å²) in [5.74, 6) is 0.0470. The molecule has 4 nitrogen and oxygen atoms in total. The van der Waals surface area contributed by atoms with Gasteiger partial charge < -0.3 is 9.64 Å². The molecule has 1 aliphatic rings. The quantitative estimate of drug-likeness (QED) is 0.769. The Morgan fingerprint density at radius 3 is 3.20 bits per heavy atom. The lowest BCUT2D eigenvalue weighted by Gasteiger charge is -2.18. The number of ether oxygens (including phenoxy) is 1. The Labute approximate surface area is 92.9 Å². The molecule has 1 saturated heterocycles. The molecule has 15 heavy (non-hydrogen) atoms. The molecule has 1 fully saturated rings. The molecule has 1 aliphatic heterocycles. The largest absolute Gasteiger partial charge is 0.358 e. The maximum atomic E-state index is 11.3. The molecule has 5 heteroatoms. The lowest BCUT2D eigenvalue weighted by atomic mass is 10.3. The first-order chi connectivity index (χ1) is 7.22. The maximum absolute atomic E-state index is 11.3. The molecule has 0 bridgehead atoms. The number of hydrogen-bond acceptors (Lipinski definition) is 4. The molecule has 0 saturated carbocycles. The SMILES string of the molecule is CCc1cnc(C2COCN2C(C)=O)s1. The van der Waals surface area contributed by atoms with Crippen LogP contribution in [0.3, 0.4) is 0 Å². The number of rotatable bonds is 2. The molecule has 1 unspecified atom stereocenters. The van der Waals surface area contributed by atoms with Gasteiger partial charge in [-0.3, -0.25) is 4.79 Å². The van der Waals surface area contributed by atoms with Crippen LogP contribution >= 0.6 is 11.3 Å². The molecule has 0 aliphatic carbocycles. The van der Waals surface area contributed by atoms with Gasteiger partial charge in [0, 0.05) is 18.0 Å². The van der Waals surface area contributed by atoms with E-state index in [0.29, 0.717) is 13.3 Å².